The van der Waals surface area contributed by atoms with Gasteiger partial charge in [0.1, 0.15) is 17.3 Å². The Morgan fingerprint density at radius 1 is 0.783 bits per heavy atom. The summed E-state index contributed by atoms with van der Waals surface area (Å²) < 4.78 is 10.9. The molecule has 0 bridgehead atoms. The van der Waals surface area contributed by atoms with E-state index in [-0.39, 0.29) is 0 Å². The molecule has 3 aromatic heterocycles. The molecule has 3 aromatic carbocycles. The van der Waals surface area contributed by atoms with Crippen LogP contribution in [-0.2, 0) is 0 Å². The van der Waals surface area contributed by atoms with Crippen molar-refractivity contribution in [3.63, 3.8) is 0 Å². The SMILES string of the molecule is CC1=C(C)[C@H](C)C[C@H](C)C1c1c(C)nn(-c2cccc(Oc3ccc4c5ccccc5n(-c5cc(C(C)C)ccn5)c4c3)c2)c1C. The van der Waals surface area contributed by atoms with E-state index in [9.17, 15) is 0 Å². The Hall–Kier alpha value is -4.64. The minimum atomic E-state index is 0.401. The predicted octanol–water partition coefficient (Wildman–Crippen LogP) is 11.0. The van der Waals surface area contributed by atoms with Gasteiger partial charge < -0.3 is 4.74 Å². The second-order valence-electron chi connectivity index (χ2n) is 13.7. The van der Waals surface area contributed by atoms with Crippen molar-refractivity contribution in [2.75, 3.05) is 0 Å². The van der Waals surface area contributed by atoms with Crippen molar-refractivity contribution in [1.82, 2.24) is 19.3 Å². The fourth-order valence-corrected chi connectivity index (χ4v) is 7.78. The number of hydrogen-bond acceptors (Lipinski definition) is 3. The third-order valence-electron chi connectivity index (χ3n) is 10.4. The highest BCUT2D eigenvalue weighted by molar-refractivity contribution is 6.09. The Bertz CT molecular complexity index is 2130. The summed E-state index contributed by atoms with van der Waals surface area (Å²) in [6, 6.07) is 27.5. The van der Waals surface area contributed by atoms with Crippen LogP contribution in [0.4, 0.5) is 0 Å². The van der Waals surface area contributed by atoms with E-state index in [4.69, 9.17) is 14.8 Å². The first-order valence-corrected chi connectivity index (χ1v) is 16.6. The molecule has 5 nitrogen and oxygen atoms in total. The van der Waals surface area contributed by atoms with Crippen LogP contribution in [0.25, 0.3) is 33.3 Å². The zero-order valence-corrected chi connectivity index (χ0v) is 28.3. The number of ether oxygens (including phenoxy) is 1. The molecule has 3 heterocycles. The van der Waals surface area contributed by atoms with Crippen LogP contribution in [0, 0.1) is 25.7 Å². The van der Waals surface area contributed by atoms with Gasteiger partial charge in [0.2, 0.25) is 0 Å². The molecular weight excluding hydrogens is 564 g/mol. The zero-order valence-electron chi connectivity index (χ0n) is 28.3. The molecule has 3 atom stereocenters. The number of rotatable bonds is 6. The van der Waals surface area contributed by atoms with Crippen LogP contribution in [0.3, 0.4) is 0 Å². The highest BCUT2D eigenvalue weighted by Crippen LogP contribution is 2.46. The lowest BCUT2D eigenvalue weighted by molar-refractivity contribution is 0.374. The van der Waals surface area contributed by atoms with Gasteiger partial charge >= 0.3 is 0 Å². The van der Waals surface area contributed by atoms with Gasteiger partial charge in [0.15, 0.2) is 0 Å². The van der Waals surface area contributed by atoms with Gasteiger partial charge in [-0.3, -0.25) is 4.57 Å². The molecule has 0 radical (unpaired) electrons. The normalized spacial score (nSPS) is 18.7. The van der Waals surface area contributed by atoms with E-state index in [1.165, 1.54) is 45.2 Å². The van der Waals surface area contributed by atoms with Gasteiger partial charge in [0.25, 0.3) is 0 Å². The monoisotopic (exact) mass is 608 g/mol. The average Bonchev–Trinajstić information content (AvgIpc) is 3.53. The lowest BCUT2D eigenvalue weighted by atomic mass is 9.69. The van der Waals surface area contributed by atoms with Crippen LogP contribution in [0.2, 0.25) is 0 Å². The minimum absolute atomic E-state index is 0.401. The summed E-state index contributed by atoms with van der Waals surface area (Å²) in [7, 11) is 0. The van der Waals surface area contributed by atoms with Crippen molar-refractivity contribution in [3.8, 4) is 23.0 Å². The highest BCUT2D eigenvalue weighted by Gasteiger charge is 2.33. The number of allylic oxidation sites excluding steroid dienone is 2. The first-order valence-electron chi connectivity index (χ1n) is 16.6. The van der Waals surface area contributed by atoms with Crippen LogP contribution in [0.1, 0.15) is 82.3 Å². The number of fused-ring (bicyclic) bond motifs is 3. The van der Waals surface area contributed by atoms with E-state index in [1.807, 2.05) is 12.3 Å². The molecule has 0 saturated heterocycles. The largest absolute Gasteiger partial charge is 0.457 e. The lowest BCUT2D eigenvalue weighted by Gasteiger charge is -2.35. The van der Waals surface area contributed by atoms with Crippen molar-refractivity contribution in [3.05, 3.63) is 119 Å². The van der Waals surface area contributed by atoms with Gasteiger partial charge in [-0.1, -0.05) is 63.1 Å². The molecule has 1 aliphatic carbocycles. The fraction of sp³-hybridized carbons (Fsp3) is 0.317. The number of hydrogen-bond donors (Lipinski definition) is 0. The van der Waals surface area contributed by atoms with Gasteiger partial charge in [-0.25, -0.2) is 9.67 Å². The van der Waals surface area contributed by atoms with E-state index < -0.39 is 0 Å². The van der Waals surface area contributed by atoms with E-state index >= 15 is 0 Å². The Kier molecular flexibility index (Phi) is 7.59. The summed E-state index contributed by atoms with van der Waals surface area (Å²) in [5.41, 5.74) is 11.2. The summed E-state index contributed by atoms with van der Waals surface area (Å²) in [5, 5.41) is 7.45. The molecule has 0 aliphatic heterocycles. The van der Waals surface area contributed by atoms with Crippen molar-refractivity contribution in [2.24, 2.45) is 11.8 Å². The van der Waals surface area contributed by atoms with Crippen LogP contribution < -0.4 is 4.74 Å². The van der Waals surface area contributed by atoms with Crippen LogP contribution in [0.15, 0.2) is 96.2 Å². The second-order valence-corrected chi connectivity index (χ2v) is 13.7. The Labute approximate surface area is 272 Å². The standard InChI is InChI=1S/C41H44N4O/c1-24(2)31-18-19-42-39(21-31)44-37-15-10-9-14-35(37)36-17-16-34(23-38(36)44)46-33-13-11-12-32(22-33)45-30(8)41(29(7)43-45)40-26(4)20-25(3)27(5)28(40)6/h9-19,21-26,40H,20H2,1-8H3/t25-,26+,40?/m1/s1. The first kappa shape index (κ1) is 30.0. The summed E-state index contributed by atoms with van der Waals surface area (Å²) in [6.45, 7) is 18.2. The fourth-order valence-electron chi connectivity index (χ4n) is 7.78. The van der Waals surface area contributed by atoms with Gasteiger partial charge in [0, 0.05) is 46.3 Å². The maximum Gasteiger partial charge on any atom is 0.137 e. The number of pyridine rings is 1. The van der Waals surface area contributed by atoms with Gasteiger partial charge in [-0.15, -0.1) is 0 Å². The molecule has 0 N–H and O–H groups in total. The highest BCUT2D eigenvalue weighted by atomic mass is 16.5. The quantitative estimate of drug-likeness (QED) is 0.177. The zero-order chi connectivity index (χ0) is 32.3. The molecule has 46 heavy (non-hydrogen) atoms. The van der Waals surface area contributed by atoms with Crippen molar-refractivity contribution < 1.29 is 4.74 Å². The maximum atomic E-state index is 6.57. The summed E-state index contributed by atoms with van der Waals surface area (Å²) in [4.78, 5) is 4.80. The molecule has 0 fully saturated rings. The molecular formula is C41H44N4O. The van der Waals surface area contributed by atoms with Crippen LogP contribution >= 0.6 is 0 Å². The molecule has 234 valence electrons. The topological polar surface area (TPSA) is 44.9 Å². The second kappa shape index (κ2) is 11.6. The lowest BCUT2D eigenvalue weighted by Crippen LogP contribution is -2.23. The van der Waals surface area contributed by atoms with Gasteiger partial charge in [0.05, 0.1) is 22.4 Å². The van der Waals surface area contributed by atoms with E-state index in [2.05, 4.69) is 137 Å². The molecule has 0 spiro atoms. The first-order chi connectivity index (χ1) is 22.1. The Balaban J connectivity index is 1.26. The molecule has 0 amide bonds. The molecule has 7 rings (SSSR count). The van der Waals surface area contributed by atoms with Gasteiger partial charge in [-0.05, 0) is 99.9 Å². The summed E-state index contributed by atoms with van der Waals surface area (Å²) in [5.74, 6) is 4.51. The molecule has 0 saturated carbocycles. The van der Waals surface area contributed by atoms with Crippen LogP contribution in [-0.4, -0.2) is 19.3 Å². The van der Waals surface area contributed by atoms with Crippen molar-refractivity contribution in [1.29, 1.82) is 0 Å². The number of para-hydroxylation sites is 1. The average molecular weight is 609 g/mol. The third kappa shape index (κ3) is 5.02. The molecule has 1 aliphatic rings. The maximum absolute atomic E-state index is 6.57. The number of aromatic nitrogens is 4. The summed E-state index contributed by atoms with van der Waals surface area (Å²) in [6.07, 6.45) is 3.12. The number of aryl methyl sites for hydroxylation is 1. The molecule has 1 unspecified atom stereocenters. The van der Waals surface area contributed by atoms with Gasteiger partial charge in [-0.2, -0.15) is 5.10 Å². The van der Waals surface area contributed by atoms with E-state index in [0.29, 0.717) is 23.7 Å². The Morgan fingerprint density at radius 2 is 1.54 bits per heavy atom. The number of nitrogens with zero attached hydrogens (tertiary/aromatic N) is 4. The molecule has 6 aromatic rings. The minimum Gasteiger partial charge on any atom is -0.457 e. The third-order valence-corrected chi connectivity index (χ3v) is 10.4. The van der Waals surface area contributed by atoms with E-state index in [1.54, 1.807) is 0 Å². The van der Waals surface area contributed by atoms with Crippen molar-refractivity contribution >= 4 is 21.8 Å². The van der Waals surface area contributed by atoms with E-state index in [0.717, 1.165) is 39.7 Å². The Morgan fingerprint density at radius 3 is 2.35 bits per heavy atom. The number of benzene rings is 3. The smallest absolute Gasteiger partial charge is 0.137 e. The molecule has 5 heteroatoms. The predicted molar refractivity (Wildman–Crippen MR) is 190 cm³/mol. The summed E-state index contributed by atoms with van der Waals surface area (Å²) >= 11 is 0. The van der Waals surface area contributed by atoms with Crippen LogP contribution in [0.5, 0.6) is 11.5 Å². The van der Waals surface area contributed by atoms with Crippen molar-refractivity contribution in [2.45, 2.75) is 73.6 Å².